The molecule has 0 amide bonds. The first-order valence-corrected chi connectivity index (χ1v) is 20.5. The van der Waals surface area contributed by atoms with Gasteiger partial charge in [-0.15, -0.1) is 22.7 Å². The number of hydrogen-bond donors (Lipinski definition) is 0. The Morgan fingerprint density at radius 2 is 0.740 bits per heavy atom. The molecule has 4 nitrogen and oxygen atoms in total. The Labute approximate surface area is 309 Å². The molecule has 2 saturated heterocycles. The van der Waals surface area contributed by atoms with Gasteiger partial charge in [-0.05, 0) is 59.5 Å². The predicted octanol–water partition coefficient (Wildman–Crippen LogP) is 11.2. The smallest absolute Gasteiger partial charge is 0.185 e. The zero-order valence-corrected chi connectivity index (χ0v) is 34.3. The fourth-order valence-corrected chi connectivity index (χ4v) is 11.7. The summed E-state index contributed by atoms with van der Waals surface area (Å²) in [6.45, 7) is 30.6. The van der Waals surface area contributed by atoms with Gasteiger partial charge in [-0.25, -0.2) is 0 Å². The van der Waals surface area contributed by atoms with Crippen LogP contribution in [0.2, 0.25) is 0 Å². The zero-order chi connectivity index (χ0) is 36.4. The lowest BCUT2D eigenvalue weighted by Crippen LogP contribution is -2.52. The predicted molar refractivity (Wildman–Crippen MR) is 214 cm³/mol. The molecule has 268 valence electrons. The molecule has 7 rings (SSSR count). The van der Waals surface area contributed by atoms with Gasteiger partial charge in [0.25, 0.3) is 0 Å². The molecule has 6 heteroatoms. The standard InChI is InChI=1S/C44H58N2O2S2/c1-39(2,3)29-23-43(24-30(35(29)47)40(4,5)6)37-27(21-33(49-37)45-17-13-14-18-45)28-22-34(46-19-15-16-20-46)50-38(28)44(43)25-31(41(7,8)9)36(48)32(26-44)42(10,11)12/h21-26H,13-20H2,1-12H3. The van der Waals surface area contributed by atoms with Crippen molar-refractivity contribution in [3.05, 3.63) is 68.5 Å². The van der Waals surface area contributed by atoms with Gasteiger partial charge in [0.2, 0.25) is 0 Å². The summed E-state index contributed by atoms with van der Waals surface area (Å²) in [6.07, 6.45) is 14.4. The Kier molecular flexibility index (Phi) is 8.14. The van der Waals surface area contributed by atoms with Crippen molar-refractivity contribution in [1.82, 2.24) is 0 Å². The van der Waals surface area contributed by atoms with E-state index in [1.54, 1.807) is 0 Å². The van der Waals surface area contributed by atoms with E-state index in [1.807, 2.05) is 22.7 Å². The molecule has 0 unspecified atom stereocenters. The van der Waals surface area contributed by atoms with Gasteiger partial charge in [0.1, 0.15) is 0 Å². The number of carbonyl (C=O) groups excluding carboxylic acids is 2. The van der Waals surface area contributed by atoms with Crippen molar-refractivity contribution in [3.63, 3.8) is 0 Å². The Morgan fingerprint density at radius 1 is 0.480 bits per heavy atom. The van der Waals surface area contributed by atoms with E-state index in [4.69, 9.17) is 0 Å². The van der Waals surface area contributed by atoms with Crippen LogP contribution in [0.1, 0.15) is 119 Å². The fraction of sp³-hybridized carbons (Fsp3) is 0.591. The normalized spacial score (nSPS) is 22.2. The van der Waals surface area contributed by atoms with Crippen molar-refractivity contribution in [1.29, 1.82) is 0 Å². The number of anilines is 2. The lowest BCUT2D eigenvalue weighted by atomic mass is 9.49. The minimum atomic E-state index is -0.710. The van der Waals surface area contributed by atoms with Crippen LogP contribution in [0, 0.1) is 21.7 Å². The third-order valence-electron chi connectivity index (χ3n) is 11.7. The molecule has 2 aromatic heterocycles. The maximum Gasteiger partial charge on any atom is 0.185 e. The second kappa shape index (κ2) is 11.4. The molecular formula is C44H58N2O2S2. The van der Waals surface area contributed by atoms with Crippen molar-refractivity contribution in [3.8, 4) is 11.1 Å². The van der Waals surface area contributed by atoms with Gasteiger partial charge in [0.15, 0.2) is 11.6 Å². The van der Waals surface area contributed by atoms with Crippen LogP contribution in [-0.4, -0.2) is 37.7 Å². The average Bonchev–Trinajstić information content (AvgIpc) is 3.80. The first-order valence-electron chi connectivity index (χ1n) is 18.9. The molecule has 0 aromatic carbocycles. The van der Waals surface area contributed by atoms with Crippen molar-refractivity contribution in [2.24, 2.45) is 21.7 Å². The lowest BCUT2D eigenvalue weighted by Gasteiger charge is -2.53. The number of fused-ring (bicyclic) bond motifs is 6. The third-order valence-corrected chi connectivity index (χ3v) is 14.4. The topological polar surface area (TPSA) is 40.6 Å². The molecule has 0 atom stereocenters. The summed E-state index contributed by atoms with van der Waals surface area (Å²) in [5.74, 6) is 0.315. The van der Waals surface area contributed by atoms with Crippen LogP contribution in [0.15, 0.2) is 58.7 Å². The highest BCUT2D eigenvalue weighted by molar-refractivity contribution is 7.18. The highest BCUT2D eigenvalue weighted by atomic mass is 32.1. The van der Waals surface area contributed by atoms with E-state index in [0.717, 1.165) is 48.5 Å². The van der Waals surface area contributed by atoms with Crippen LogP contribution in [0.5, 0.6) is 0 Å². The lowest BCUT2D eigenvalue weighted by molar-refractivity contribution is -0.115. The summed E-state index contributed by atoms with van der Waals surface area (Å²) in [4.78, 5) is 37.2. The summed E-state index contributed by atoms with van der Waals surface area (Å²) >= 11 is 3.86. The van der Waals surface area contributed by atoms with Gasteiger partial charge in [0.05, 0.1) is 20.8 Å². The van der Waals surface area contributed by atoms with Crippen molar-refractivity contribution >= 4 is 44.2 Å². The first-order chi connectivity index (χ1) is 23.1. The second-order valence-corrected chi connectivity index (χ2v) is 21.7. The van der Waals surface area contributed by atoms with E-state index in [-0.39, 0.29) is 33.2 Å². The highest BCUT2D eigenvalue weighted by Crippen LogP contribution is 2.67. The molecule has 4 heterocycles. The fourth-order valence-electron chi connectivity index (χ4n) is 8.85. The molecule has 5 aliphatic rings. The summed E-state index contributed by atoms with van der Waals surface area (Å²) in [5, 5.41) is 2.65. The quantitative estimate of drug-likeness (QED) is 0.311. The average molecular weight is 711 g/mol. The summed E-state index contributed by atoms with van der Waals surface area (Å²) in [5.41, 5.74) is 3.18. The van der Waals surface area contributed by atoms with Crippen LogP contribution >= 0.6 is 22.7 Å². The van der Waals surface area contributed by atoms with Gasteiger partial charge >= 0.3 is 0 Å². The molecule has 2 spiro atoms. The Hall–Kier alpha value is -2.70. The van der Waals surface area contributed by atoms with Crippen molar-refractivity contribution in [2.75, 3.05) is 36.0 Å². The van der Waals surface area contributed by atoms with E-state index < -0.39 is 10.8 Å². The number of thiophene rings is 2. The Morgan fingerprint density at radius 3 is 0.980 bits per heavy atom. The second-order valence-electron chi connectivity index (χ2n) is 19.7. The van der Waals surface area contributed by atoms with E-state index in [9.17, 15) is 9.59 Å². The first kappa shape index (κ1) is 35.7. The molecule has 0 saturated carbocycles. The zero-order valence-electron chi connectivity index (χ0n) is 32.6. The summed E-state index contributed by atoms with van der Waals surface area (Å²) < 4.78 is 0. The molecule has 0 radical (unpaired) electrons. The summed E-state index contributed by atoms with van der Waals surface area (Å²) in [6, 6.07) is 4.95. The number of nitrogens with zero attached hydrogens (tertiary/aromatic N) is 2. The molecule has 0 bridgehead atoms. The van der Waals surface area contributed by atoms with E-state index >= 15 is 0 Å². The molecule has 3 aliphatic carbocycles. The third kappa shape index (κ3) is 5.40. The number of hydrogen-bond acceptors (Lipinski definition) is 6. The van der Waals surface area contributed by atoms with E-state index in [1.165, 1.54) is 56.6 Å². The number of ketones is 2. The van der Waals surface area contributed by atoms with Crippen LogP contribution in [-0.2, 0) is 20.4 Å². The van der Waals surface area contributed by atoms with Crippen LogP contribution < -0.4 is 9.80 Å². The molecule has 2 fully saturated rings. The molecule has 50 heavy (non-hydrogen) atoms. The van der Waals surface area contributed by atoms with E-state index in [2.05, 4.69) is 129 Å². The summed E-state index contributed by atoms with van der Waals surface area (Å²) in [7, 11) is 0. The molecular weight excluding hydrogens is 653 g/mol. The molecule has 0 N–H and O–H groups in total. The Balaban J connectivity index is 1.70. The number of allylic oxidation sites excluding steroid dienone is 8. The number of Topliss-reactive ketones (excluding diaryl/α,β-unsaturated/α-hetero) is 2. The monoisotopic (exact) mass is 710 g/mol. The van der Waals surface area contributed by atoms with Gasteiger partial charge in [0, 0.05) is 69.4 Å². The van der Waals surface area contributed by atoms with E-state index in [0.29, 0.717) is 0 Å². The minimum Gasteiger partial charge on any atom is -0.363 e. The maximum atomic E-state index is 14.7. The van der Waals surface area contributed by atoms with Gasteiger partial charge in [-0.1, -0.05) is 107 Å². The van der Waals surface area contributed by atoms with Crippen LogP contribution in [0.3, 0.4) is 0 Å². The minimum absolute atomic E-state index is 0.158. The largest absolute Gasteiger partial charge is 0.363 e. The number of rotatable bonds is 2. The van der Waals surface area contributed by atoms with Gasteiger partial charge in [-0.2, -0.15) is 0 Å². The molecule has 2 aliphatic heterocycles. The van der Waals surface area contributed by atoms with Gasteiger partial charge < -0.3 is 9.80 Å². The van der Waals surface area contributed by atoms with Gasteiger partial charge in [-0.3, -0.25) is 9.59 Å². The highest BCUT2D eigenvalue weighted by Gasteiger charge is 2.61. The van der Waals surface area contributed by atoms with Crippen LogP contribution in [0.4, 0.5) is 10.0 Å². The molecule has 2 aromatic rings. The van der Waals surface area contributed by atoms with Crippen molar-refractivity contribution < 1.29 is 9.59 Å². The Bertz CT molecular complexity index is 1680. The van der Waals surface area contributed by atoms with Crippen LogP contribution in [0.25, 0.3) is 11.1 Å². The number of carbonyl (C=O) groups is 2. The SMILES string of the molecule is CC(C)(C)C1=CC2(C=C(C(C)(C)C)C1=O)c1sc(N3CCCC3)cc1-c1cc(N3CCCC3)sc1C21C=C(C(C)(C)C)C(=O)C(C(C)(C)C)=C1. The van der Waals surface area contributed by atoms with Crippen molar-refractivity contribution in [2.45, 2.75) is 120 Å². The maximum absolute atomic E-state index is 14.7.